The van der Waals surface area contributed by atoms with Crippen LogP contribution in [0.3, 0.4) is 0 Å². The highest BCUT2D eigenvalue weighted by Gasteiger charge is 2.22. The fourth-order valence-corrected chi connectivity index (χ4v) is 4.53. The first-order valence-electron chi connectivity index (χ1n) is 12.1. The zero-order valence-corrected chi connectivity index (χ0v) is 20.7. The van der Waals surface area contributed by atoms with Crippen molar-refractivity contribution in [3.05, 3.63) is 64.2 Å². The van der Waals surface area contributed by atoms with Gasteiger partial charge in [0.1, 0.15) is 17.9 Å². The van der Waals surface area contributed by atoms with Crippen molar-refractivity contribution in [1.82, 2.24) is 14.9 Å². The molecule has 36 heavy (non-hydrogen) atoms. The number of likely N-dealkylation sites (N-methyl/N-ethyl adjacent to an activating group) is 1. The molecule has 10 heteroatoms. The summed E-state index contributed by atoms with van der Waals surface area (Å²) in [6.45, 7) is 8.31. The van der Waals surface area contributed by atoms with Gasteiger partial charge in [0.05, 0.1) is 17.6 Å². The highest BCUT2D eigenvalue weighted by molar-refractivity contribution is 6.08. The maximum atomic E-state index is 13.2. The normalized spacial score (nSPS) is 17.5. The van der Waals surface area contributed by atoms with Gasteiger partial charge in [-0.1, -0.05) is 0 Å². The Balaban J connectivity index is 1.34. The summed E-state index contributed by atoms with van der Waals surface area (Å²) >= 11 is 0. The fourth-order valence-electron chi connectivity index (χ4n) is 4.53. The van der Waals surface area contributed by atoms with E-state index in [9.17, 15) is 9.59 Å². The first-order chi connectivity index (χ1) is 17.4. The van der Waals surface area contributed by atoms with Gasteiger partial charge in [-0.05, 0) is 51.2 Å². The van der Waals surface area contributed by atoms with Crippen molar-refractivity contribution in [3.63, 3.8) is 0 Å². The standard InChI is InChI=1S/C26H31N7O3/c1-16-15-33(12-11-32(16)3)19-6-4-18(5-7-19)30-25(35)22-20(8-9-28-24(22)34)31-21-14-29-26-23(17(21)2)27-10-13-36-26/h4-9,14,16,27H,10-13,15H2,1-3H3,(H,30,35)(H2,28,31,34). The van der Waals surface area contributed by atoms with Crippen LogP contribution in [0.15, 0.2) is 47.5 Å². The summed E-state index contributed by atoms with van der Waals surface area (Å²) in [5, 5.41) is 9.36. The smallest absolute Gasteiger partial charge is 0.263 e. The minimum absolute atomic E-state index is 0.00389. The molecule has 4 heterocycles. The molecule has 0 aliphatic carbocycles. The van der Waals surface area contributed by atoms with Crippen LogP contribution in [-0.4, -0.2) is 66.7 Å². The maximum absolute atomic E-state index is 13.2. The lowest BCUT2D eigenvalue weighted by atomic mass is 10.1. The zero-order chi connectivity index (χ0) is 25.2. The lowest BCUT2D eigenvalue weighted by molar-refractivity contribution is 0.102. The number of amides is 1. The van der Waals surface area contributed by atoms with Gasteiger partial charge in [0.2, 0.25) is 5.88 Å². The molecule has 1 fully saturated rings. The highest BCUT2D eigenvalue weighted by atomic mass is 16.5. The predicted molar refractivity (Wildman–Crippen MR) is 142 cm³/mol. The van der Waals surface area contributed by atoms with E-state index in [1.54, 1.807) is 12.3 Å². The number of fused-ring (bicyclic) bond motifs is 1. The number of nitrogens with one attached hydrogen (secondary N) is 4. The Morgan fingerprint density at radius 2 is 1.97 bits per heavy atom. The van der Waals surface area contributed by atoms with Crippen LogP contribution in [0, 0.1) is 6.92 Å². The van der Waals surface area contributed by atoms with Gasteiger partial charge in [0.15, 0.2) is 0 Å². The lowest BCUT2D eigenvalue weighted by Crippen LogP contribution is -2.50. The van der Waals surface area contributed by atoms with Crippen LogP contribution >= 0.6 is 0 Å². The van der Waals surface area contributed by atoms with E-state index in [2.05, 4.69) is 49.7 Å². The van der Waals surface area contributed by atoms with Crippen LogP contribution in [-0.2, 0) is 0 Å². The summed E-state index contributed by atoms with van der Waals surface area (Å²) < 4.78 is 5.59. The first kappa shape index (κ1) is 23.7. The number of pyridine rings is 2. The molecule has 1 atom stereocenters. The molecular formula is C26H31N7O3. The highest BCUT2D eigenvalue weighted by Crippen LogP contribution is 2.34. The third-order valence-electron chi connectivity index (χ3n) is 6.85. The Morgan fingerprint density at radius 3 is 2.75 bits per heavy atom. The number of nitrogens with zero attached hydrogens (tertiary/aromatic N) is 3. The van der Waals surface area contributed by atoms with E-state index in [0.29, 0.717) is 42.1 Å². The molecule has 0 spiro atoms. The average Bonchev–Trinajstić information content (AvgIpc) is 2.88. The summed E-state index contributed by atoms with van der Waals surface area (Å²) in [5.74, 6) is 0.0491. The van der Waals surface area contributed by atoms with Crippen LogP contribution in [0.4, 0.5) is 28.4 Å². The minimum atomic E-state index is -0.495. The molecule has 5 rings (SSSR count). The molecule has 0 saturated carbocycles. The van der Waals surface area contributed by atoms with E-state index < -0.39 is 11.5 Å². The predicted octanol–water partition coefficient (Wildman–Crippen LogP) is 3.02. The molecule has 0 radical (unpaired) electrons. The third kappa shape index (κ3) is 4.72. The number of H-pyrrole nitrogens is 1. The Labute approximate surface area is 209 Å². The van der Waals surface area contributed by atoms with Crippen molar-refractivity contribution in [2.75, 3.05) is 60.7 Å². The Bertz CT molecular complexity index is 1320. The molecule has 10 nitrogen and oxygen atoms in total. The van der Waals surface area contributed by atoms with Gasteiger partial charge in [-0.2, -0.15) is 0 Å². The Kier molecular flexibility index (Phi) is 6.51. The number of hydrogen-bond acceptors (Lipinski definition) is 8. The largest absolute Gasteiger partial charge is 0.474 e. The number of carbonyl (C=O) groups is 1. The van der Waals surface area contributed by atoms with Gasteiger partial charge in [-0.15, -0.1) is 0 Å². The molecule has 4 N–H and O–H groups in total. The van der Waals surface area contributed by atoms with Gasteiger partial charge in [-0.3, -0.25) is 9.59 Å². The zero-order valence-electron chi connectivity index (χ0n) is 20.7. The molecule has 2 aliphatic rings. The van der Waals surface area contributed by atoms with Crippen molar-refractivity contribution >= 4 is 34.3 Å². The van der Waals surface area contributed by atoms with Crippen LogP contribution in [0.25, 0.3) is 0 Å². The number of hydrogen-bond donors (Lipinski definition) is 4. The second-order valence-corrected chi connectivity index (χ2v) is 9.25. The number of carbonyl (C=O) groups excluding carboxylic acids is 1. The van der Waals surface area contributed by atoms with Crippen LogP contribution < -0.4 is 31.1 Å². The monoisotopic (exact) mass is 489 g/mol. The van der Waals surface area contributed by atoms with Crippen LogP contribution in [0.2, 0.25) is 0 Å². The van der Waals surface area contributed by atoms with Crippen LogP contribution in [0.5, 0.6) is 5.88 Å². The SMILES string of the molecule is Cc1c(Nc2cc[nH]c(=O)c2C(=O)Nc2ccc(N3CCN(C)C(C)C3)cc2)cnc2c1NCCO2. The molecular weight excluding hydrogens is 458 g/mol. The van der Waals surface area contributed by atoms with E-state index in [4.69, 9.17) is 4.74 Å². The topological polar surface area (TPSA) is 115 Å². The Hall–Kier alpha value is -4.05. The average molecular weight is 490 g/mol. The van der Waals surface area contributed by atoms with Crippen molar-refractivity contribution < 1.29 is 9.53 Å². The molecule has 1 saturated heterocycles. The first-order valence-corrected chi connectivity index (χ1v) is 12.1. The van der Waals surface area contributed by atoms with Gasteiger partial charge >= 0.3 is 0 Å². The lowest BCUT2D eigenvalue weighted by Gasteiger charge is -2.39. The van der Waals surface area contributed by atoms with Crippen molar-refractivity contribution in [2.24, 2.45) is 0 Å². The van der Waals surface area contributed by atoms with Gasteiger partial charge in [-0.25, -0.2) is 4.98 Å². The fraction of sp³-hybridized carbons (Fsp3) is 0.346. The number of anilines is 5. The second kappa shape index (κ2) is 9.90. The second-order valence-electron chi connectivity index (χ2n) is 9.25. The quantitative estimate of drug-likeness (QED) is 0.433. The van der Waals surface area contributed by atoms with E-state index in [1.807, 2.05) is 31.2 Å². The number of rotatable bonds is 5. The third-order valence-corrected chi connectivity index (χ3v) is 6.85. The number of aromatic nitrogens is 2. The molecule has 0 bridgehead atoms. The number of piperazine rings is 1. The molecule has 1 amide bonds. The molecule has 1 unspecified atom stereocenters. The van der Waals surface area contributed by atoms with Crippen LogP contribution in [0.1, 0.15) is 22.8 Å². The summed E-state index contributed by atoms with van der Waals surface area (Å²) in [6, 6.07) is 9.87. The molecule has 3 aromatic rings. The number of aromatic amines is 1. The summed E-state index contributed by atoms with van der Waals surface area (Å²) in [4.78, 5) is 37.5. The van der Waals surface area contributed by atoms with Crippen molar-refractivity contribution in [1.29, 1.82) is 0 Å². The number of benzene rings is 1. The molecule has 2 aromatic heterocycles. The molecule has 1 aromatic carbocycles. The van der Waals surface area contributed by atoms with E-state index in [0.717, 1.165) is 36.6 Å². The number of ether oxygens (including phenoxy) is 1. The van der Waals surface area contributed by atoms with Gasteiger partial charge in [0.25, 0.3) is 11.5 Å². The van der Waals surface area contributed by atoms with Crippen molar-refractivity contribution in [3.8, 4) is 5.88 Å². The Morgan fingerprint density at radius 1 is 1.17 bits per heavy atom. The van der Waals surface area contributed by atoms with E-state index in [1.165, 1.54) is 6.20 Å². The summed E-state index contributed by atoms with van der Waals surface area (Å²) in [7, 11) is 2.14. The van der Waals surface area contributed by atoms with Crippen molar-refractivity contribution in [2.45, 2.75) is 19.9 Å². The maximum Gasteiger partial charge on any atom is 0.263 e. The van der Waals surface area contributed by atoms with Gasteiger partial charge < -0.3 is 35.5 Å². The van der Waals surface area contributed by atoms with E-state index >= 15 is 0 Å². The van der Waals surface area contributed by atoms with Gasteiger partial charge in [0, 0.05) is 55.4 Å². The summed E-state index contributed by atoms with van der Waals surface area (Å²) in [5.41, 5.74) is 4.01. The summed E-state index contributed by atoms with van der Waals surface area (Å²) in [6.07, 6.45) is 3.15. The van der Waals surface area contributed by atoms with E-state index in [-0.39, 0.29) is 5.56 Å². The molecule has 188 valence electrons. The minimum Gasteiger partial charge on any atom is -0.474 e. The molecule has 2 aliphatic heterocycles.